The molecule has 1 aliphatic rings. The Balaban J connectivity index is 2.07. The van der Waals surface area contributed by atoms with Gasteiger partial charge in [0.15, 0.2) is 0 Å². The molecule has 1 aliphatic heterocycles. The number of ether oxygens (including phenoxy) is 1. The number of morpholine rings is 1. The fourth-order valence-electron chi connectivity index (χ4n) is 2.25. The molecule has 1 amide bonds. The summed E-state index contributed by atoms with van der Waals surface area (Å²) >= 11 is 0. The second kappa shape index (κ2) is 6.52. The highest BCUT2D eigenvalue weighted by molar-refractivity contribution is 5.48. The summed E-state index contributed by atoms with van der Waals surface area (Å²) in [6, 6.07) is 10.3. The standard InChI is InChI=1S/C14H20N2O2/c1-15(12-17)14(13-5-3-2-4-6-13)11-16-7-9-18-10-8-16/h2-6,12,14H,7-11H2,1H3. The van der Waals surface area contributed by atoms with Crippen molar-refractivity contribution in [2.75, 3.05) is 39.9 Å². The first-order valence-corrected chi connectivity index (χ1v) is 6.33. The minimum Gasteiger partial charge on any atom is -0.379 e. The molecule has 0 aromatic heterocycles. The third-order valence-electron chi connectivity index (χ3n) is 3.38. The van der Waals surface area contributed by atoms with Crippen LogP contribution in [0.25, 0.3) is 0 Å². The van der Waals surface area contributed by atoms with Crippen LogP contribution >= 0.6 is 0 Å². The van der Waals surface area contributed by atoms with E-state index in [0.29, 0.717) is 0 Å². The summed E-state index contributed by atoms with van der Waals surface area (Å²) in [4.78, 5) is 15.1. The number of carbonyl (C=O) groups excluding carboxylic acids is 1. The zero-order valence-corrected chi connectivity index (χ0v) is 10.8. The van der Waals surface area contributed by atoms with Crippen molar-refractivity contribution in [3.63, 3.8) is 0 Å². The third-order valence-corrected chi connectivity index (χ3v) is 3.38. The predicted octanol–water partition coefficient (Wildman–Crippen LogP) is 1.15. The monoisotopic (exact) mass is 248 g/mol. The van der Waals surface area contributed by atoms with Crippen molar-refractivity contribution >= 4 is 6.41 Å². The maximum absolute atomic E-state index is 11.0. The highest BCUT2D eigenvalue weighted by atomic mass is 16.5. The van der Waals surface area contributed by atoms with E-state index in [1.807, 2.05) is 25.2 Å². The van der Waals surface area contributed by atoms with Crippen LogP contribution in [0.5, 0.6) is 0 Å². The highest BCUT2D eigenvalue weighted by Gasteiger charge is 2.20. The van der Waals surface area contributed by atoms with Crippen LogP contribution < -0.4 is 0 Å². The smallest absolute Gasteiger partial charge is 0.210 e. The summed E-state index contributed by atoms with van der Waals surface area (Å²) in [5, 5.41) is 0. The van der Waals surface area contributed by atoms with Crippen LogP contribution in [0.15, 0.2) is 30.3 Å². The van der Waals surface area contributed by atoms with Crippen LogP contribution in [0.4, 0.5) is 0 Å². The molecular formula is C14H20N2O2. The summed E-state index contributed by atoms with van der Waals surface area (Å²) in [5.41, 5.74) is 1.18. The molecule has 0 spiro atoms. The molecule has 1 aromatic rings. The molecule has 0 bridgehead atoms. The lowest BCUT2D eigenvalue weighted by molar-refractivity contribution is -0.119. The van der Waals surface area contributed by atoms with E-state index in [-0.39, 0.29) is 6.04 Å². The summed E-state index contributed by atoms with van der Waals surface area (Å²) in [7, 11) is 1.84. The number of hydrogen-bond donors (Lipinski definition) is 0. The second-order valence-corrected chi connectivity index (χ2v) is 4.61. The summed E-state index contributed by atoms with van der Waals surface area (Å²) in [5.74, 6) is 0. The van der Waals surface area contributed by atoms with Crippen molar-refractivity contribution in [2.24, 2.45) is 0 Å². The van der Waals surface area contributed by atoms with Crippen LogP contribution in [0.2, 0.25) is 0 Å². The second-order valence-electron chi connectivity index (χ2n) is 4.61. The van der Waals surface area contributed by atoms with E-state index in [4.69, 9.17) is 4.74 Å². The number of rotatable bonds is 5. The normalized spacial score (nSPS) is 18.3. The lowest BCUT2D eigenvalue weighted by Crippen LogP contribution is -2.42. The SMILES string of the molecule is CN(C=O)C(CN1CCOCC1)c1ccccc1. The lowest BCUT2D eigenvalue weighted by Gasteiger charge is -2.33. The number of benzene rings is 1. The van der Waals surface area contributed by atoms with Crippen molar-refractivity contribution in [2.45, 2.75) is 6.04 Å². The average Bonchev–Trinajstić information content (AvgIpc) is 2.46. The molecule has 1 aromatic carbocycles. The van der Waals surface area contributed by atoms with Crippen LogP contribution in [0.3, 0.4) is 0 Å². The quantitative estimate of drug-likeness (QED) is 0.733. The van der Waals surface area contributed by atoms with Gasteiger partial charge in [0, 0.05) is 26.7 Å². The Bertz CT molecular complexity index is 363. The van der Waals surface area contributed by atoms with E-state index in [1.165, 1.54) is 5.56 Å². The van der Waals surface area contributed by atoms with Gasteiger partial charge in [-0.3, -0.25) is 9.69 Å². The van der Waals surface area contributed by atoms with Crippen LogP contribution in [0.1, 0.15) is 11.6 Å². The van der Waals surface area contributed by atoms with Gasteiger partial charge in [0.2, 0.25) is 6.41 Å². The Hall–Kier alpha value is -1.39. The van der Waals surface area contributed by atoms with Gasteiger partial charge >= 0.3 is 0 Å². The van der Waals surface area contributed by atoms with Crippen LogP contribution in [0, 0.1) is 0 Å². The topological polar surface area (TPSA) is 32.8 Å². The van der Waals surface area contributed by atoms with Gasteiger partial charge in [0.05, 0.1) is 19.3 Å². The zero-order valence-electron chi connectivity index (χ0n) is 10.8. The Morgan fingerprint density at radius 1 is 1.33 bits per heavy atom. The molecule has 1 unspecified atom stereocenters. The fourth-order valence-corrected chi connectivity index (χ4v) is 2.25. The van der Waals surface area contributed by atoms with Crippen LogP contribution in [-0.2, 0) is 9.53 Å². The molecule has 0 aliphatic carbocycles. The summed E-state index contributed by atoms with van der Waals surface area (Å²) in [6.07, 6.45) is 0.901. The first kappa shape index (κ1) is 13.1. The van der Waals surface area contributed by atoms with Crippen molar-refractivity contribution in [1.29, 1.82) is 0 Å². The van der Waals surface area contributed by atoms with Crippen molar-refractivity contribution in [1.82, 2.24) is 9.80 Å². The van der Waals surface area contributed by atoms with Crippen LogP contribution in [-0.4, -0.2) is 56.1 Å². The van der Waals surface area contributed by atoms with E-state index in [1.54, 1.807) is 4.90 Å². The Morgan fingerprint density at radius 2 is 2.00 bits per heavy atom. The van der Waals surface area contributed by atoms with E-state index in [2.05, 4.69) is 17.0 Å². The van der Waals surface area contributed by atoms with Crippen molar-refractivity contribution < 1.29 is 9.53 Å². The van der Waals surface area contributed by atoms with Gasteiger partial charge in [-0.25, -0.2) is 0 Å². The Kier molecular flexibility index (Phi) is 4.73. The zero-order chi connectivity index (χ0) is 12.8. The highest BCUT2D eigenvalue weighted by Crippen LogP contribution is 2.19. The number of nitrogens with zero attached hydrogens (tertiary/aromatic N) is 2. The minimum atomic E-state index is 0.113. The molecule has 0 radical (unpaired) electrons. The first-order valence-electron chi connectivity index (χ1n) is 6.33. The summed E-state index contributed by atoms with van der Waals surface area (Å²) < 4.78 is 5.35. The minimum absolute atomic E-state index is 0.113. The summed E-state index contributed by atoms with van der Waals surface area (Å²) in [6.45, 7) is 4.31. The molecule has 18 heavy (non-hydrogen) atoms. The Labute approximate surface area is 108 Å². The molecule has 4 nitrogen and oxygen atoms in total. The first-order chi connectivity index (χ1) is 8.81. The molecule has 98 valence electrons. The Morgan fingerprint density at radius 3 is 2.61 bits per heavy atom. The van der Waals surface area contributed by atoms with Gasteiger partial charge in [-0.15, -0.1) is 0 Å². The molecule has 1 saturated heterocycles. The van der Waals surface area contributed by atoms with E-state index >= 15 is 0 Å². The van der Waals surface area contributed by atoms with E-state index in [9.17, 15) is 4.79 Å². The predicted molar refractivity (Wildman–Crippen MR) is 70.3 cm³/mol. The van der Waals surface area contributed by atoms with Gasteiger partial charge in [-0.05, 0) is 5.56 Å². The van der Waals surface area contributed by atoms with Gasteiger partial charge in [0.1, 0.15) is 0 Å². The van der Waals surface area contributed by atoms with Gasteiger partial charge < -0.3 is 9.64 Å². The fraction of sp³-hybridized carbons (Fsp3) is 0.500. The average molecular weight is 248 g/mol. The number of amides is 1. The lowest BCUT2D eigenvalue weighted by atomic mass is 10.1. The molecular weight excluding hydrogens is 228 g/mol. The molecule has 1 heterocycles. The molecule has 0 N–H and O–H groups in total. The third kappa shape index (κ3) is 3.31. The molecule has 1 atom stereocenters. The van der Waals surface area contributed by atoms with E-state index < -0.39 is 0 Å². The molecule has 2 rings (SSSR count). The van der Waals surface area contributed by atoms with Gasteiger partial charge in [-0.2, -0.15) is 0 Å². The van der Waals surface area contributed by atoms with Crippen molar-refractivity contribution in [3.05, 3.63) is 35.9 Å². The molecule has 1 fully saturated rings. The van der Waals surface area contributed by atoms with E-state index in [0.717, 1.165) is 39.3 Å². The maximum atomic E-state index is 11.0. The van der Waals surface area contributed by atoms with Gasteiger partial charge in [0.25, 0.3) is 0 Å². The molecule has 0 saturated carbocycles. The number of likely N-dealkylation sites (N-methyl/N-ethyl adjacent to an activating group) is 1. The number of hydrogen-bond acceptors (Lipinski definition) is 3. The number of carbonyl (C=O) groups is 1. The molecule has 4 heteroatoms. The maximum Gasteiger partial charge on any atom is 0.210 e. The van der Waals surface area contributed by atoms with Gasteiger partial charge in [-0.1, -0.05) is 30.3 Å². The van der Waals surface area contributed by atoms with Crippen molar-refractivity contribution in [3.8, 4) is 0 Å². The largest absolute Gasteiger partial charge is 0.379 e.